The number of phenols is 1. The van der Waals surface area contributed by atoms with Crippen LogP contribution in [0.25, 0.3) is 0 Å². The second-order valence-corrected chi connectivity index (χ2v) is 4.97. The molecule has 2 nitrogen and oxygen atoms in total. The smallest absolute Gasteiger partial charge is 0.115 e. The Morgan fingerprint density at radius 1 is 1.25 bits per heavy atom. The molecule has 1 N–H and O–H groups in total. The first-order chi connectivity index (χ1) is 7.66. The molecule has 1 fully saturated rings. The Kier molecular flexibility index (Phi) is 3.49. The number of piperidine rings is 1. The standard InChI is InChI=1S/C14H21NO/c1-11-5-3-6-12(2)15(11)10-13-7-4-8-14(16)9-13/h4,7-9,11-12,16H,3,5-6,10H2,1-2H3. The molecule has 2 unspecified atom stereocenters. The van der Waals surface area contributed by atoms with Crippen LogP contribution in [0.1, 0.15) is 38.7 Å². The Hall–Kier alpha value is -1.02. The maximum Gasteiger partial charge on any atom is 0.115 e. The summed E-state index contributed by atoms with van der Waals surface area (Å²) in [6.45, 7) is 5.56. The zero-order valence-electron chi connectivity index (χ0n) is 10.2. The van der Waals surface area contributed by atoms with Gasteiger partial charge in [-0.05, 0) is 44.4 Å². The summed E-state index contributed by atoms with van der Waals surface area (Å²) in [7, 11) is 0. The van der Waals surface area contributed by atoms with E-state index in [2.05, 4.69) is 24.8 Å². The van der Waals surface area contributed by atoms with Gasteiger partial charge in [0, 0.05) is 18.6 Å². The van der Waals surface area contributed by atoms with Crippen LogP contribution >= 0.6 is 0 Å². The van der Waals surface area contributed by atoms with Gasteiger partial charge in [0.05, 0.1) is 0 Å². The summed E-state index contributed by atoms with van der Waals surface area (Å²) in [5, 5.41) is 9.46. The number of benzene rings is 1. The number of hydrogen-bond acceptors (Lipinski definition) is 2. The molecule has 1 aromatic carbocycles. The van der Waals surface area contributed by atoms with Crippen LogP contribution < -0.4 is 0 Å². The third-order valence-corrected chi connectivity index (χ3v) is 3.65. The average Bonchev–Trinajstić information content (AvgIpc) is 2.24. The van der Waals surface area contributed by atoms with Crippen molar-refractivity contribution in [3.05, 3.63) is 29.8 Å². The van der Waals surface area contributed by atoms with Crippen LogP contribution in [-0.2, 0) is 6.54 Å². The van der Waals surface area contributed by atoms with Gasteiger partial charge < -0.3 is 5.11 Å². The van der Waals surface area contributed by atoms with Crippen molar-refractivity contribution >= 4 is 0 Å². The van der Waals surface area contributed by atoms with Crippen LogP contribution in [0.3, 0.4) is 0 Å². The Bertz CT molecular complexity index is 340. The SMILES string of the molecule is CC1CCCC(C)N1Cc1cccc(O)c1. The van der Waals surface area contributed by atoms with E-state index in [4.69, 9.17) is 0 Å². The van der Waals surface area contributed by atoms with E-state index in [1.54, 1.807) is 6.07 Å². The highest BCUT2D eigenvalue weighted by molar-refractivity contribution is 5.27. The first-order valence-corrected chi connectivity index (χ1v) is 6.20. The summed E-state index contributed by atoms with van der Waals surface area (Å²) in [5.74, 6) is 0.370. The number of aromatic hydroxyl groups is 1. The van der Waals surface area contributed by atoms with Gasteiger partial charge in [0.2, 0.25) is 0 Å². The van der Waals surface area contributed by atoms with Gasteiger partial charge in [-0.1, -0.05) is 18.6 Å². The van der Waals surface area contributed by atoms with E-state index in [-0.39, 0.29) is 0 Å². The largest absolute Gasteiger partial charge is 0.508 e. The molecule has 0 saturated carbocycles. The van der Waals surface area contributed by atoms with E-state index in [1.165, 1.54) is 24.8 Å². The van der Waals surface area contributed by atoms with Crippen molar-refractivity contribution in [3.8, 4) is 5.75 Å². The number of rotatable bonds is 2. The summed E-state index contributed by atoms with van der Waals surface area (Å²) in [4.78, 5) is 2.54. The number of likely N-dealkylation sites (tertiary alicyclic amines) is 1. The lowest BCUT2D eigenvalue weighted by molar-refractivity contribution is 0.0952. The minimum Gasteiger partial charge on any atom is -0.508 e. The molecule has 0 radical (unpaired) electrons. The average molecular weight is 219 g/mol. The molecule has 0 aliphatic carbocycles. The highest BCUT2D eigenvalue weighted by Crippen LogP contribution is 2.25. The van der Waals surface area contributed by atoms with E-state index >= 15 is 0 Å². The van der Waals surface area contributed by atoms with Crippen LogP contribution in [0, 0.1) is 0 Å². The fourth-order valence-electron chi connectivity index (χ4n) is 2.65. The molecule has 1 saturated heterocycles. The summed E-state index contributed by atoms with van der Waals surface area (Å²) >= 11 is 0. The van der Waals surface area contributed by atoms with Crippen molar-refractivity contribution in [1.82, 2.24) is 4.90 Å². The molecule has 16 heavy (non-hydrogen) atoms. The van der Waals surface area contributed by atoms with Crippen molar-refractivity contribution in [2.24, 2.45) is 0 Å². The zero-order valence-corrected chi connectivity index (χ0v) is 10.2. The molecule has 2 rings (SSSR count). The number of nitrogens with zero attached hydrogens (tertiary/aromatic N) is 1. The van der Waals surface area contributed by atoms with Gasteiger partial charge >= 0.3 is 0 Å². The van der Waals surface area contributed by atoms with Crippen molar-refractivity contribution in [2.75, 3.05) is 0 Å². The van der Waals surface area contributed by atoms with Gasteiger partial charge in [0.25, 0.3) is 0 Å². The lowest BCUT2D eigenvalue weighted by Crippen LogP contribution is -2.42. The zero-order chi connectivity index (χ0) is 11.5. The summed E-state index contributed by atoms with van der Waals surface area (Å²) in [6.07, 6.45) is 3.94. The first-order valence-electron chi connectivity index (χ1n) is 6.20. The fourth-order valence-corrected chi connectivity index (χ4v) is 2.65. The van der Waals surface area contributed by atoms with Crippen molar-refractivity contribution < 1.29 is 5.11 Å². The molecule has 1 aliphatic heterocycles. The van der Waals surface area contributed by atoms with Crippen LogP contribution in [-0.4, -0.2) is 22.1 Å². The third kappa shape index (κ3) is 2.56. The molecule has 0 spiro atoms. The fraction of sp³-hybridized carbons (Fsp3) is 0.571. The Balaban J connectivity index is 2.07. The minimum atomic E-state index is 0.370. The Labute approximate surface area is 97.9 Å². The second-order valence-electron chi connectivity index (χ2n) is 4.97. The van der Waals surface area contributed by atoms with Gasteiger partial charge in [-0.3, -0.25) is 4.90 Å². The van der Waals surface area contributed by atoms with Gasteiger partial charge in [0.1, 0.15) is 5.75 Å². The number of hydrogen-bond donors (Lipinski definition) is 1. The lowest BCUT2D eigenvalue weighted by Gasteiger charge is -2.39. The third-order valence-electron chi connectivity index (χ3n) is 3.65. The van der Waals surface area contributed by atoms with E-state index in [0.717, 1.165) is 6.54 Å². The second kappa shape index (κ2) is 4.88. The lowest BCUT2D eigenvalue weighted by atomic mass is 9.97. The van der Waals surface area contributed by atoms with Crippen LogP contribution in [0.15, 0.2) is 24.3 Å². The molecular formula is C14H21NO. The van der Waals surface area contributed by atoms with Gasteiger partial charge in [-0.2, -0.15) is 0 Å². The minimum absolute atomic E-state index is 0.370. The number of phenolic OH excluding ortho intramolecular Hbond substituents is 1. The van der Waals surface area contributed by atoms with Crippen LogP contribution in [0.2, 0.25) is 0 Å². The molecule has 0 aromatic heterocycles. The molecule has 0 bridgehead atoms. The molecular weight excluding hydrogens is 198 g/mol. The highest BCUT2D eigenvalue weighted by atomic mass is 16.3. The highest BCUT2D eigenvalue weighted by Gasteiger charge is 2.24. The van der Waals surface area contributed by atoms with Gasteiger partial charge in [-0.25, -0.2) is 0 Å². The topological polar surface area (TPSA) is 23.5 Å². The van der Waals surface area contributed by atoms with E-state index in [9.17, 15) is 5.11 Å². The predicted molar refractivity (Wildman–Crippen MR) is 66.4 cm³/mol. The van der Waals surface area contributed by atoms with E-state index in [0.29, 0.717) is 17.8 Å². The summed E-state index contributed by atoms with van der Waals surface area (Å²) in [5.41, 5.74) is 1.21. The summed E-state index contributed by atoms with van der Waals surface area (Å²) < 4.78 is 0. The molecule has 1 aromatic rings. The summed E-state index contributed by atoms with van der Waals surface area (Å²) in [6, 6.07) is 8.93. The normalized spacial score (nSPS) is 26.9. The molecule has 0 amide bonds. The molecule has 2 heteroatoms. The first kappa shape index (κ1) is 11.5. The Morgan fingerprint density at radius 2 is 1.94 bits per heavy atom. The molecule has 1 aliphatic rings. The van der Waals surface area contributed by atoms with Crippen molar-refractivity contribution in [2.45, 2.75) is 51.7 Å². The maximum absolute atomic E-state index is 9.46. The molecule has 2 atom stereocenters. The predicted octanol–water partition coefficient (Wildman–Crippen LogP) is 3.16. The molecule has 1 heterocycles. The van der Waals surface area contributed by atoms with Crippen molar-refractivity contribution in [1.29, 1.82) is 0 Å². The van der Waals surface area contributed by atoms with Crippen molar-refractivity contribution in [3.63, 3.8) is 0 Å². The van der Waals surface area contributed by atoms with E-state index < -0.39 is 0 Å². The monoisotopic (exact) mass is 219 g/mol. The van der Waals surface area contributed by atoms with Gasteiger partial charge in [0.15, 0.2) is 0 Å². The molecule has 88 valence electrons. The van der Waals surface area contributed by atoms with E-state index in [1.807, 2.05) is 12.1 Å². The quantitative estimate of drug-likeness (QED) is 0.826. The van der Waals surface area contributed by atoms with Crippen LogP contribution in [0.5, 0.6) is 5.75 Å². The maximum atomic E-state index is 9.46. The Morgan fingerprint density at radius 3 is 2.56 bits per heavy atom. The van der Waals surface area contributed by atoms with Gasteiger partial charge in [-0.15, -0.1) is 0 Å². The van der Waals surface area contributed by atoms with Crippen LogP contribution in [0.4, 0.5) is 0 Å².